The van der Waals surface area contributed by atoms with Gasteiger partial charge >= 0.3 is 0 Å². The number of rotatable bonds is 1. The summed E-state index contributed by atoms with van der Waals surface area (Å²) in [5.74, 6) is 0.0820. The summed E-state index contributed by atoms with van der Waals surface area (Å²) in [6.07, 6.45) is 1.67. The third kappa shape index (κ3) is 1.67. The number of nitrogen functional groups attached to an aromatic ring is 1. The zero-order valence-electron chi connectivity index (χ0n) is 7.40. The number of benzene rings is 1. The van der Waals surface area contributed by atoms with Crippen molar-refractivity contribution in [1.82, 2.24) is 4.98 Å². The van der Waals surface area contributed by atoms with Crippen LogP contribution in [-0.4, -0.2) is 10.8 Å². The Morgan fingerprint density at radius 1 is 1.21 bits per heavy atom. The van der Waals surface area contributed by atoms with Crippen molar-refractivity contribution in [2.75, 3.05) is 0 Å². The minimum atomic E-state index is 0. The number of fused-ring (bicyclic) bond motifs is 1. The second-order valence-corrected chi connectivity index (χ2v) is 2.79. The van der Waals surface area contributed by atoms with Crippen molar-refractivity contribution < 1.29 is 0 Å². The van der Waals surface area contributed by atoms with Gasteiger partial charge in [0.1, 0.15) is 5.84 Å². The summed E-state index contributed by atoms with van der Waals surface area (Å²) in [6, 6.07) is 9.40. The average Bonchev–Trinajstić information content (AvgIpc) is 2.17. The van der Waals surface area contributed by atoms with Crippen LogP contribution in [0.5, 0.6) is 0 Å². The molecule has 0 saturated heterocycles. The van der Waals surface area contributed by atoms with E-state index < -0.39 is 0 Å². The number of amidine groups is 1. The molecular formula is C10H10ClN3. The summed E-state index contributed by atoms with van der Waals surface area (Å²) in [5.41, 5.74) is 7.05. The summed E-state index contributed by atoms with van der Waals surface area (Å²) in [5, 5.41) is 8.30. The quantitative estimate of drug-likeness (QED) is 0.555. The Bertz CT molecular complexity index is 462. The number of halogens is 1. The van der Waals surface area contributed by atoms with E-state index in [1.165, 1.54) is 0 Å². The highest BCUT2D eigenvalue weighted by Gasteiger charge is 2.02. The molecule has 1 aromatic carbocycles. The zero-order chi connectivity index (χ0) is 9.26. The predicted molar refractivity (Wildman–Crippen MR) is 60.0 cm³/mol. The lowest BCUT2D eigenvalue weighted by molar-refractivity contribution is 1.38. The van der Waals surface area contributed by atoms with Crippen LogP contribution >= 0.6 is 12.4 Å². The maximum atomic E-state index is 7.37. The number of hydrogen-bond acceptors (Lipinski definition) is 2. The number of pyridine rings is 1. The standard InChI is InChI=1S/C10H9N3.ClH/c11-10(12)8-5-6-13-9-4-2-1-3-7(8)9;/h1-6H,(H3,11,12);1H. The molecule has 0 spiro atoms. The van der Waals surface area contributed by atoms with E-state index in [1.54, 1.807) is 12.3 Å². The van der Waals surface area contributed by atoms with Crippen LogP contribution in [0.1, 0.15) is 5.56 Å². The normalized spacial score (nSPS) is 9.43. The number of aromatic nitrogens is 1. The van der Waals surface area contributed by atoms with Crippen molar-refractivity contribution >= 4 is 29.1 Å². The van der Waals surface area contributed by atoms with Crippen molar-refractivity contribution in [1.29, 1.82) is 5.41 Å². The highest BCUT2D eigenvalue weighted by atomic mass is 35.5. The lowest BCUT2D eigenvalue weighted by Gasteiger charge is -2.02. The van der Waals surface area contributed by atoms with Crippen molar-refractivity contribution in [3.05, 3.63) is 42.1 Å². The van der Waals surface area contributed by atoms with Gasteiger partial charge in [0.15, 0.2) is 0 Å². The van der Waals surface area contributed by atoms with Gasteiger partial charge in [-0.1, -0.05) is 18.2 Å². The summed E-state index contributed by atoms with van der Waals surface area (Å²) < 4.78 is 0. The molecule has 1 aromatic heterocycles. The minimum absolute atomic E-state index is 0. The van der Waals surface area contributed by atoms with Gasteiger partial charge in [-0.25, -0.2) is 0 Å². The van der Waals surface area contributed by atoms with Gasteiger partial charge in [0.05, 0.1) is 5.52 Å². The third-order valence-corrected chi connectivity index (χ3v) is 1.94. The fraction of sp³-hybridized carbons (Fsp3) is 0. The minimum Gasteiger partial charge on any atom is -0.384 e. The Kier molecular flexibility index (Phi) is 3.04. The second kappa shape index (κ2) is 4.07. The second-order valence-electron chi connectivity index (χ2n) is 2.79. The molecule has 0 aliphatic carbocycles. The van der Waals surface area contributed by atoms with E-state index in [2.05, 4.69) is 4.98 Å². The fourth-order valence-corrected chi connectivity index (χ4v) is 1.33. The summed E-state index contributed by atoms with van der Waals surface area (Å²) in [7, 11) is 0. The molecule has 72 valence electrons. The molecular weight excluding hydrogens is 198 g/mol. The first-order valence-corrected chi connectivity index (χ1v) is 3.97. The van der Waals surface area contributed by atoms with Gasteiger partial charge < -0.3 is 5.73 Å². The van der Waals surface area contributed by atoms with Crippen LogP contribution < -0.4 is 5.73 Å². The van der Waals surface area contributed by atoms with Crippen LogP contribution in [0.4, 0.5) is 0 Å². The van der Waals surface area contributed by atoms with Crippen LogP contribution in [-0.2, 0) is 0 Å². The Morgan fingerprint density at radius 2 is 1.93 bits per heavy atom. The van der Waals surface area contributed by atoms with Gasteiger partial charge in [0.2, 0.25) is 0 Å². The smallest absolute Gasteiger partial charge is 0.123 e. The van der Waals surface area contributed by atoms with E-state index >= 15 is 0 Å². The molecule has 3 nitrogen and oxygen atoms in total. The molecule has 2 aromatic rings. The van der Waals surface area contributed by atoms with Gasteiger partial charge in [-0.15, -0.1) is 12.4 Å². The molecule has 0 unspecified atom stereocenters. The van der Waals surface area contributed by atoms with Gasteiger partial charge in [-0.3, -0.25) is 10.4 Å². The third-order valence-electron chi connectivity index (χ3n) is 1.94. The predicted octanol–water partition coefficient (Wildman–Crippen LogP) is 1.94. The van der Waals surface area contributed by atoms with E-state index in [0.29, 0.717) is 0 Å². The number of hydrogen-bond donors (Lipinski definition) is 2. The van der Waals surface area contributed by atoms with Gasteiger partial charge in [-0.2, -0.15) is 0 Å². The molecule has 0 atom stereocenters. The van der Waals surface area contributed by atoms with Crippen LogP contribution in [0.2, 0.25) is 0 Å². The molecule has 0 aliphatic rings. The molecule has 3 N–H and O–H groups in total. The van der Waals surface area contributed by atoms with Crippen LogP contribution in [0, 0.1) is 5.41 Å². The first kappa shape index (κ1) is 10.5. The van der Waals surface area contributed by atoms with Crippen molar-refractivity contribution in [3.63, 3.8) is 0 Å². The highest BCUT2D eigenvalue weighted by Crippen LogP contribution is 2.14. The lowest BCUT2D eigenvalue weighted by Crippen LogP contribution is -2.11. The van der Waals surface area contributed by atoms with Crippen molar-refractivity contribution in [2.24, 2.45) is 5.73 Å². The maximum absolute atomic E-state index is 7.37. The van der Waals surface area contributed by atoms with Crippen molar-refractivity contribution in [2.45, 2.75) is 0 Å². The van der Waals surface area contributed by atoms with E-state index in [1.807, 2.05) is 24.3 Å². The highest BCUT2D eigenvalue weighted by molar-refractivity contribution is 6.06. The van der Waals surface area contributed by atoms with Crippen LogP contribution in [0.25, 0.3) is 10.9 Å². The maximum Gasteiger partial charge on any atom is 0.123 e. The van der Waals surface area contributed by atoms with E-state index in [4.69, 9.17) is 11.1 Å². The Balaban J connectivity index is 0.000000980. The molecule has 0 radical (unpaired) electrons. The topological polar surface area (TPSA) is 62.8 Å². The van der Waals surface area contributed by atoms with Gasteiger partial charge in [0, 0.05) is 17.1 Å². The SMILES string of the molecule is Cl.N=C(N)c1ccnc2ccccc12. The summed E-state index contributed by atoms with van der Waals surface area (Å²) in [6.45, 7) is 0. The van der Waals surface area contributed by atoms with Gasteiger partial charge in [0.25, 0.3) is 0 Å². The monoisotopic (exact) mass is 207 g/mol. The largest absolute Gasteiger partial charge is 0.384 e. The molecule has 0 fully saturated rings. The fourth-order valence-electron chi connectivity index (χ4n) is 1.33. The molecule has 0 saturated carbocycles. The molecule has 14 heavy (non-hydrogen) atoms. The number of nitrogens with one attached hydrogen (secondary N) is 1. The zero-order valence-corrected chi connectivity index (χ0v) is 8.21. The number of nitrogens with zero attached hydrogens (tertiary/aromatic N) is 1. The molecule has 1 heterocycles. The molecule has 4 heteroatoms. The summed E-state index contributed by atoms with van der Waals surface area (Å²) in [4.78, 5) is 4.17. The Labute approximate surface area is 87.9 Å². The molecule has 2 rings (SSSR count). The summed E-state index contributed by atoms with van der Waals surface area (Å²) >= 11 is 0. The molecule has 0 bridgehead atoms. The number of para-hydroxylation sites is 1. The molecule has 0 amide bonds. The van der Waals surface area contributed by atoms with Gasteiger partial charge in [-0.05, 0) is 12.1 Å². The van der Waals surface area contributed by atoms with E-state index in [0.717, 1.165) is 16.5 Å². The van der Waals surface area contributed by atoms with E-state index in [-0.39, 0.29) is 18.2 Å². The first-order chi connectivity index (χ1) is 6.29. The van der Waals surface area contributed by atoms with E-state index in [9.17, 15) is 0 Å². The average molecular weight is 208 g/mol. The Morgan fingerprint density at radius 3 is 2.64 bits per heavy atom. The Hall–Kier alpha value is -1.61. The van der Waals surface area contributed by atoms with Crippen LogP contribution in [0.3, 0.4) is 0 Å². The lowest BCUT2D eigenvalue weighted by atomic mass is 10.1. The van der Waals surface area contributed by atoms with Crippen LogP contribution in [0.15, 0.2) is 36.5 Å². The van der Waals surface area contributed by atoms with Crippen molar-refractivity contribution in [3.8, 4) is 0 Å². The first-order valence-electron chi connectivity index (χ1n) is 3.97. The molecule has 0 aliphatic heterocycles. The number of nitrogens with two attached hydrogens (primary N) is 1.